The first-order valence-corrected chi connectivity index (χ1v) is 8.13. The molecule has 1 aromatic rings. The average molecular weight is 289 g/mol. The first-order valence-electron chi connectivity index (χ1n) is 6.71. The standard InChI is InChI=1S/C14H25ClN2S/c1-6-13(14-16-12(8-15)9-18-14)17(5)11(4)7-10(2)3/h9-11,13H,6-8H2,1-5H3. The molecule has 0 saturated heterocycles. The van der Waals surface area contributed by atoms with Crippen molar-refractivity contribution in [1.82, 2.24) is 9.88 Å². The smallest absolute Gasteiger partial charge is 0.110 e. The first kappa shape index (κ1) is 15.9. The van der Waals surface area contributed by atoms with Gasteiger partial charge >= 0.3 is 0 Å². The largest absolute Gasteiger partial charge is 0.294 e. The van der Waals surface area contributed by atoms with E-state index >= 15 is 0 Å². The van der Waals surface area contributed by atoms with E-state index in [1.165, 1.54) is 11.4 Å². The van der Waals surface area contributed by atoms with Crippen LogP contribution in [-0.2, 0) is 5.88 Å². The number of nitrogens with zero attached hydrogens (tertiary/aromatic N) is 2. The number of thiazole rings is 1. The monoisotopic (exact) mass is 288 g/mol. The Morgan fingerprint density at radius 3 is 2.50 bits per heavy atom. The molecule has 2 nitrogen and oxygen atoms in total. The van der Waals surface area contributed by atoms with Gasteiger partial charge in [0.25, 0.3) is 0 Å². The maximum absolute atomic E-state index is 5.83. The average Bonchev–Trinajstić information content (AvgIpc) is 2.77. The number of alkyl halides is 1. The van der Waals surface area contributed by atoms with Crippen molar-refractivity contribution >= 4 is 22.9 Å². The lowest BCUT2D eigenvalue weighted by Crippen LogP contribution is -2.33. The molecule has 0 fully saturated rings. The molecule has 0 saturated carbocycles. The molecule has 4 heteroatoms. The number of aromatic nitrogens is 1. The Kier molecular flexibility index (Phi) is 6.61. The molecule has 104 valence electrons. The number of hydrogen-bond acceptors (Lipinski definition) is 3. The predicted molar refractivity (Wildman–Crippen MR) is 81.4 cm³/mol. The Morgan fingerprint density at radius 1 is 1.39 bits per heavy atom. The minimum atomic E-state index is 0.417. The normalized spacial score (nSPS) is 15.3. The van der Waals surface area contributed by atoms with Crippen molar-refractivity contribution < 1.29 is 0 Å². The quantitative estimate of drug-likeness (QED) is 0.676. The molecule has 0 spiro atoms. The lowest BCUT2D eigenvalue weighted by Gasteiger charge is -2.32. The first-order chi connectivity index (χ1) is 8.49. The van der Waals surface area contributed by atoms with Gasteiger partial charge in [-0.15, -0.1) is 22.9 Å². The van der Waals surface area contributed by atoms with E-state index in [4.69, 9.17) is 11.6 Å². The van der Waals surface area contributed by atoms with Crippen LogP contribution in [0.25, 0.3) is 0 Å². The van der Waals surface area contributed by atoms with E-state index in [2.05, 4.69) is 50.0 Å². The van der Waals surface area contributed by atoms with Crippen LogP contribution in [0.4, 0.5) is 0 Å². The van der Waals surface area contributed by atoms with Gasteiger partial charge in [0.2, 0.25) is 0 Å². The second-order valence-corrected chi connectivity index (χ2v) is 6.54. The van der Waals surface area contributed by atoms with Gasteiger partial charge in [0.05, 0.1) is 17.6 Å². The summed E-state index contributed by atoms with van der Waals surface area (Å²) in [4.78, 5) is 7.08. The Balaban J connectivity index is 2.75. The van der Waals surface area contributed by atoms with Crippen LogP contribution in [0.15, 0.2) is 5.38 Å². The number of rotatable bonds is 7. The molecule has 2 unspecified atom stereocenters. The zero-order valence-electron chi connectivity index (χ0n) is 12.1. The van der Waals surface area contributed by atoms with Crippen LogP contribution in [0.2, 0.25) is 0 Å². The summed E-state index contributed by atoms with van der Waals surface area (Å²) in [5.41, 5.74) is 1.00. The maximum Gasteiger partial charge on any atom is 0.110 e. The number of hydrogen-bond donors (Lipinski definition) is 0. The van der Waals surface area contributed by atoms with Crippen LogP contribution in [0.3, 0.4) is 0 Å². The van der Waals surface area contributed by atoms with Crippen molar-refractivity contribution in [3.8, 4) is 0 Å². The third-order valence-electron chi connectivity index (χ3n) is 3.38. The SMILES string of the molecule is CCC(c1nc(CCl)cs1)N(C)C(C)CC(C)C. The second kappa shape index (κ2) is 7.46. The van der Waals surface area contributed by atoms with E-state index in [1.54, 1.807) is 11.3 Å². The molecular weight excluding hydrogens is 264 g/mol. The molecule has 1 aromatic heterocycles. The van der Waals surface area contributed by atoms with Gasteiger partial charge in [-0.3, -0.25) is 4.90 Å². The molecule has 18 heavy (non-hydrogen) atoms. The van der Waals surface area contributed by atoms with E-state index in [0.717, 1.165) is 18.0 Å². The minimum Gasteiger partial charge on any atom is -0.294 e. The molecule has 0 aliphatic carbocycles. The summed E-state index contributed by atoms with van der Waals surface area (Å²) in [6, 6.07) is 0.999. The number of halogens is 1. The van der Waals surface area contributed by atoms with Crippen molar-refractivity contribution in [2.24, 2.45) is 5.92 Å². The predicted octanol–water partition coefficient (Wildman–Crippen LogP) is 4.70. The molecule has 0 bridgehead atoms. The van der Waals surface area contributed by atoms with E-state index < -0.39 is 0 Å². The zero-order chi connectivity index (χ0) is 13.7. The Hall–Kier alpha value is -0.120. The van der Waals surface area contributed by atoms with E-state index in [-0.39, 0.29) is 0 Å². The second-order valence-electron chi connectivity index (χ2n) is 5.38. The molecular formula is C14H25ClN2S. The minimum absolute atomic E-state index is 0.417. The lowest BCUT2D eigenvalue weighted by molar-refractivity contribution is 0.160. The van der Waals surface area contributed by atoms with Gasteiger partial charge in [-0.25, -0.2) is 4.98 Å². The van der Waals surface area contributed by atoms with E-state index in [1.807, 2.05) is 0 Å². The molecule has 1 heterocycles. The fraction of sp³-hybridized carbons (Fsp3) is 0.786. The molecule has 0 aromatic carbocycles. The van der Waals surface area contributed by atoms with Crippen LogP contribution in [0.1, 0.15) is 57.3 Å². The van der Waals surface area contributed by atoms with Crippen LogP contribution in [-0.4, -0.2) is 23.0 Å². The van der Waals surface area contributed by atoms with Gasteiger partial charge in [-0.1, -0.05) is 20.8 Å². The summed E-state index contributed by atoms with van der Waals surface area (Å²) < 4.78 is 0. The van der Waals surface area contributed by atoms with Crippen molar-refractivity contribution in [2.75, 3.05) is 7.05 Å². The highest BCUT2D eigenvalue weighted by atomic mass is 35.5. The van der Waals surface area contributed by atoms with Crippen molar-refractivity contribution in [3.05, 3.63) is 16.1 Å². The fourth-order valence-corrected chi connectivity index (χ4v) is 3.61. The van der Waals surface area contributed by atoms with Crippen molar-refractivity contribution in [3.63, 3.8) is 0 Å². The molecule has 0 radical (unpaired) electrons. The highest BCUT2D eigenvalue weighted by Crippen LogP contribution is 2.29. The zero-order valence-corrected chi connectivity index (χ0v) is 13.7. The molecule has 0 amide bonds. The molecule has 2 atom stereocenters. The van der Waals surface area contributed by atoms with E-state index in [0.29, 0.717) is 18.0 Å². The van der Waals surface area contributed by atoms with Gasteiger partial charge < -0.3 is 0 Å². The highest BCUT2D eigenvalue weighted by Gasteiger charge is 2.23. The summed E-state index contributed by atoms with van der Waals surface area (Å²) >= 11 is 7.56. The Labute approximate surface area is 120 Å². The van der Waals surface area contributed by atoms with Crippen LogP contribution in [0, 0.1) is 5.92 Å². The van der Waals surface area contributed by atoms with Crippen molar-refractivity contribution in [2.45, 2.75) is 58.5 Å². The Bertz CT molecular complexity index is 351. The lowest BCUT2D eigenvalue weighted by atomic mass is 10.0. The third-order valence-corrected chi connectivity index (χ3v) is 4.65. The molecule has 0 aliphatic heterocycles. The molecule has 1 rings (SSSR count). The summed E-state index contributed by atoms with van der Waals surface area (Å²) in [5.74, 6) is 1.24. The van der Waals surface area contributed by atoms with Gasteiger partial charge in [-0.05, 0) is 32.7 Å². The third kappa shape index (κ3) is 4.22. The van der Waals surface area contributed by atoms with Gasteiger partial charge in [0.15, 0.2) is 0 Å². The Morgan fingerprint density at radius 2 is 2.06 bits per heavy atom. The van der Waals surface area contributed by atoms with Gasteiger partial charge in [0.1, 0.15) is 5.01 Å². The van der Waals surface area contributed by atoms with Crippen LogP contribution >= 0.6 is 22.9 Å². The molecule has 0 N–H and O–H groups in total. The summed E-state index contributed by atoms with van der Waals surface area (Å²) in [6.45, 7) is 9.09. The summed E-state index contributed by atoms with van der Waals surface area (Å²) in [7, 11) is 2.21. The van der Waals surface area contributed by atoms with E-state index in [9.17, 15) is 0 Å². The summed E-state index contributed by atoms with van der Waals surface area (Å²) in [6.07, 6.45) is 2.31. The van der Waals surface area contributed by atoms with Crippen LogP contribution in [0.5, 0.6) is 0 Å². The van der Waals surface area contributed by atoms with Gasteiger partial charge in [0, 0.05) is 11.4 Å². The summed E-state index contributed by atoms with van der Waals surface area (Å²) in [5, 5.41) is 3.28. The highest BCUT2D eigenvalue weighted by molar-refractivity contribution is 7.09. The molecule has 0 aliphatic rings. The fourth-order valence-electron chi connectivity index (χ4n) is 2.33. The van der Waals surface area contributed by atoms with Crippen LogP contribution < -0.4 is 0 Å². The topological polar surface area (TPSA) is 16.1 Å². The van der Waals surface area contributed by atoms with Gasteiger partial charge in [-0.2, -0.15) is 0 Å². The van der Waals surface area contributed by atoms with Crippen molar-refractivity contribution in [1.29, 1.82) is 0 Å². The maximum atomic E-state index is 5.83.